The van der Waals surface area contributed by atoms with E-state index in [-0.39, 0.29) is 0 Å². The fourth-order valence-corrected chi connectivity index (χ4v) is 5.32. The summed E-state index contributed by atoms with van der Waals surface area (Å²) >= 11 is 0. The number of para-hydroxylation sites is 1. The monoisotopic (exact) mass is 557 g/mol. The van der Waals surface area contributed by atoms with E-state index in [2.05, 4.69) is 184 Å². The summed E-state index contributed by atoms with van der Waals surface area (Å²) in [5.74, 6) is 0. The van der Waals surface area contributed by atoms with Gasteiger partial charge in [-0.1, -0.05) is 140 Å². The third kappa shape index (κ3) is 7.58. The van der Waals surface area contributed by atoms with Gasteiger partial charge in [-0.05, 0) is 96.5 Å². The van der Waals surface area contributed by atoms with Crippen LogP contribution in [0.3, 0.4) is 0 Å². The molecule has 1 nitrogen and oxygen atoms in total. The van der Waals surface area contributed by atoms with Crippen molar-refractivity contribution in [2.75, 3.05) is 4.90 Å². The molecule has 43 heavy (non-hydrogen) atoms. The van der Waals surface area contributed by atoms with Gasteiger partial charge in [-0.3, -0.25) is 0 Å². The third-order valence-corrected chi connectivity index (χ3v) is 7.64. The molecule has 5 rings (SSSR count). The summed E-state index contributed by atoms with van der Waals surface area (Å²) < 4.78 is 0. The van der Waals surface area contributed by atoms with Gasteiger partial charge in [-0.25, -0.2) is 0 Å². The van der Waals surface area contributed by atoms with Crippen molar-refractivity contribution in [3.05, 3.63) is 184 Å². The van der Waals surface area contributed by atoms with Gasteiger partial charge in [-0.2, -0.15) is 0 Å². The molecule has 5 aromatic carbocycles. The van der Waals surface area contributed by atoms with Crippen LogP contribution in [-0.4, -0.2) is 0 Å². The van der Waals surface area contributed by atoms with Crippen LogP contribution in [0.4, 0.5) is 17.1 Å². The van der Waals surface area contributed by atoms with Crippen LogP contribution in [0.15, 0.2) is 140 Å². The van der Waals surface area contributed by atoms with E-state index < -0.39 is 0 Å². The molecule has 0 spiro atoms. The molecular formula is C42H39N. The molecule has 0 saturated carbocycles. The van der Waals surface area contributed by atoms with Crippen molar-refractivity contribution in [1.29, 1.82) is 0 Å². The lowest BCUT2D eigenvalue weighted by Crippen LogP contribution is -2.13. The number of allylic oxidation sites excluding steroid dienone is 4. The van der Waals surface area contributed by atoms with E-state index in [9.17, 15) is 0 Å². The van der Waals surface area contributed by atoms with E-state index in [0.29, 0.717) is 0 Å². The van der Waals surface area contributed by atoms with Crippen LogP contribution in [-0.2, 0) is 0 Å². The fraction of sp³-hybridized carbons (Fsp3) is 0.0952. The highest BCUT2D eigenvalue weighted by atomic mass is 15.1. The smallest absolute Gasteiger partial charge is 0.0519 e. The number of rotatable bonds is 9. The lowest BCUT2D eigenvalue weighted by atomic mass is 10.0. The van der Waals surface area contributed by atoms with E-state index in [1.807, 2.05) is 12.1 Å². The molecule has 5 aromatic rings. The fourth-order valence-electron chi connectivity index (χ4n) is 5.32. The molecule has 0 atom stereocenters. The highest BCUT2D eigenvalue weighted by molar-refractivity contribution is 5.82. The zero-order chi connectivity index (χ0) is 30.0. The van der Waals surface area contributed by atoms with Crippen LogP contribution in [0.25, 0.3) is 24.3 Å². The van der Waals surface area contributed by atoms with Gasteiger partial charge in [-0.15, -0.1) is 0 Å². The molecule has 0 radical (unpaired) electrons. The first-order chi connectivity index (χ1) is 21.0. The lowest BCUT2D eigenvalue weighted by molar-refractivity contribution is 1.20. The van der Waals surface area contributed by atoms with Crippen molar-refractivity contribution in [3.8, 4) is 0 Å². The van der Waals surface area contributed by atoms with E-state index in [1.165, 1.54) is 50.2 Å². The SMILES string of the molecule is Cc1cc(N(c2ccc(/C=C/C=C/c3ccccc3)c(C)c2)c2c(C)cccc2C)ccc1/C=C/C=C/c1ccccc1. The average molecular weight is 558 g/mol. The summed E-state index contributed by atoms with van der Waals surface area (Å²) in [7, 11) is 0. The van der Waals surface area contributed by atoms with Crippen molar-refractivity contribution in [3.63, 3.8) is 0 Å². The summed E-state index contributed by atoms with van der Waals surface area (Å²) in [4.78, 5) is 2.40. The molecule has 0 bridgehead atoms. The largest absolute Gasteiger partial charge is 0.310 e. The minimum atomic E-state index is 1.15. The average Bonchev–Trinajstić information content (AvgIpc) is 3.02. The second-order valence-corrected chi connectivity index (χ2v) is 10.9. The Labute approximate surface area is 257 Å². The topological polar surface area (TPSA) is 3.24 Å². The van der Waals surface area contributed by atoms with Gasteiger partial charge in [0.15, 0.2) is 0 Å². The van der Waals surface area contributed by atoms with Crippen LogP contribution in [0.2, 0.25) is 0 Å². The molecule has 0 heterocycles. The van der Waals surface area contributed by atoms with E-state index >= 15 is 0 Å². The Morgan fingerprint density at radius 3 is 1.23 bits per heavy atom. The van der Waals surface area contributed by atoms with Gasteiger partial charge >= 0.3 is 0 Å². The Morgan fingerprint density at radius 1 is 0.395 bits per heavy atom. The van der Waals surface area contributed by atoms with Crippen molar-refractivity contribution >= 4 is 41.4 Å². The van der Waals surface area contributed by atoms with Gasteiger partial charge in [0, 0.05) is 11.4 Å². The summed E-state index contributed by atoms with van der Waals surface area (Å²) in [5, 5.41) is 0. The molecule has 0 N–H and O–H groups in total. The molecule has 0 aliphatic carbocycles. The maximum atomic E-state index is 2.40. The summed E-state index contributed by atoms with van der Waals surface area (Å²) in [6.07, 6.45) is 17.0. The number of hydrogen-bond donors (Lipinski definition) is 0. The Morgan fingerprint density at radius 2 is 0.814 bits per heavy atom. The normalized spacial score (nSPS) is 11.8. The molecule has 0 aliphatic heterocycles. The molecular weight excluding hydrogens is 518 g/mol. The van der Waals surface area contributed by atoms with Crippen LogP contribution in [0.1, 0.15) is 44.5 Å². The standard InChI is InChI=1S/C42H39N/c1-32-16-15-17-33(2)42(32)43(40-28-26-38(34(3)30-40)24-13-11-22-36-18-7-5-8-19-36)41-29-27-39(35(4)31-41)25-14-12-23-37-20-9-6-10-21-37/h5-31H,1-4H3/b22-11+,23-12+,24-13+,25-14+. The van der Waals surface area contributed by atoms with E-state index in [0.717, 1.165) is 11.4 Å². The zero-order valence-corrected chi connectivity index (χ0v) is 25.5. The highest BCUT2D eigenvalue weighted by Gasteiger charge is 2.18. The van der Waals surface area contributed by atoms with Gasteiger partial charge in [0.25, 0.3) is 0 Å². The maximum absolute atomic E-state index is 2.40. The molecule has 0 amide bonds. The molecule has 212 valence electrons. The van der Waals surface area contributed by atoms with Crippen molar-refractivity contribution < 1.29 is 0 Å². The Bertz CT molecular complexity index is 1660. The Balaban J connectivity index is 1.44. The number of anilines is 3. The predicted octanol–water partition coefficient (Wildman–Crippen LogP) is 11.8. The van der Waals surface area contributed by atoms with Crippen LogP contribution in [0, 0.1) is 27.7 Å². The quantitative estimate of drug-likeness (QED) is 0.163. The first kappa shape index (κ1) is 29.4. The van der Waals surface area contributed by atoms with Crippen molar-refractivity contribution in [2.45, 2.75) is 27.7 Å². The minimum Gasteiger partial charge on any atom is -0.310 e. The maximum Gasteiger partial charge on any atom is 0.0519 e. The third-order valence-electron chi connectivity index (χ3n) is 7.64. The number of nitrogens with zero attached hydrogens (tertiary/aromatic N) is 1. The summed E-state index contributed by atoms with van der Waals surface area (Å²) in [5.41, 5.74) is 13.3. The lowest BCUT2D eigenvalue weighted by Gasteiger charge is -2.29. The molecule has 0 saturated heterocycles. The number of aryl methyl sites for hydroxylation is 4. The van der Waals surface area contributed by atoms with Crippen LogP contribution < -0.4 is 4.90 Å². The summed E-state index contributed by atoms with van der Waals surface area (Å²) in [6, 6.07) is 40.8. The molecule has 0 fully saturated rings. The van der Waals surface area contributed by atoms with Crippen LogP contribution >= 0.6 is 0 Å². The van der Waals surface area contributed by atoms with Crippen LogP contribution in [0.5, 0.6) is 0 Å². The Kier molecular flexibility index (Phi) is 9.67. The zero-order valence-electron chi connectivity index (χ0n) is 25.5. The predicted molar refractivity (Wildman–Crippen MR) is 189 cm³/mol. The van der Waals surface area contributed by atoms with Gasteiger partial charge in [0.1, 0.15) is 0 Å². The molecule has 1 heteroatoms. The molecule has 0 aliphatic rings. The first-order valence-corrected chi connectivity index (χ1v) is 14.9. The second kappa shape index (κ2) is 14.2. The molecule has 0 aromatic heterocycles. The van der Waals surface area contributed by atoms with Gasteiger partial charge < -0.3 is 4.90 Å². The van der Waals surface area contributed by atoms with Crippen molar-refractivity contribution in [2.24, 2.45) is 0 Å². The van der Waals surface area contributed by atoms with E-state index in [1.54, 1.807) is 0 Å². The minimum absolute atomic E-state index is 1.15. The number of benzene rings is 5. The van der Waals surface area contributed by atoms with E-state index in [4.69, 9.17) is 0 Å². The molecule has 0 unspecified atom stereocenters. The van der Waals surface area contributed by atoms with Crippen molar-refractivity contribution in [1.82, 2.24) is 0 Å². The summed E-state index contributed by atoms with van der Waals surface area (Å²) in [6.45, 7) is 8.77. The van der Waals surface area contributed by atoms with Gasteiger partial charge in [0.2, 0.25) is 0 Å². The van der Waals surface area contributed by atoms with Gasteiger partial charge in [0.05, 0.1) is 5.69 Å². The highest BCUT2D eigenvalue weighted by Crippen LogP contribution is 2.40. The number of hydrogen-bond acceptors (Lipinski definition) is 1. The second-order valence-electron chi connectivity index (χ2n) is 10.9. The Hall–Kier alpha value is -5.14. The first-order valence-electron chi connectivity index (χ1n) is 14.9.